The maximum Gasteiger partial charge on any atom is 0.170 e. The molecular formula is C14H17N3O. The summed E-state index contributed by atoms with van der Waals surface area (Å²) in [5, 5.41) is 0. The molecule has 0 spiro atoms. The maximum absolute atomic E-state index is 11.3. The highest BCUT2D eigenvalue weighted by atomic mass is 16.1. The maximum atomic E-state index is 11.3. The van der Waals surface area contributed by atoms with E-state index in [9.17, 15) is 4.79 Å². The third-order valence-corrected chi connectivity index (χ3v) is 3.74. The van der Waals surface area contributed by atoms with E-state index in [0.717, 1.165) is 36.8 Å². The first kappa shape index (κ1) is 11.3. The molecule has 4 heteroatoms. The van der Waals surface area contributed by atoms with E-state index in [4.69, 9.17) is 0 Å². The number of hydrogen-bond donors (Lipinski definition) is 0. The number of nitrogens with zero attached hydrogens (tertiary/aromatic N) is 3. The number of fused-ring (bicyclic) bond motifs is 1. The van der Waals surface area contributed by atoms with Crippen molar-refractivity contribution < 1.29 is 4.79 Å². The van der Waals surface area contributed by atoms with Crippen LogP contribution in [0.25, 0.3) is 5.65 Å². The molecule has 0 amide bonds. The Bertz CT molecular complexity index is 567. The van der Waals surface area contributed by atoms with Gasteiger partial charge in [0.2, 0.25) is 0 Å². The number of aromatic nitrogens is 2. The molecular weight excluding hydrogens is 226 g/mol. The molecule has 3 rings (SSSR count). The monoisotopic (exact) mass is 243 g/mol. The Kier molecular flexibility index (Phi) is 2.78. The van der Waals surface area contributed by atoms with Crippen molar-refractivity contribution in [2.75, 3.05) is 18.0 Å². The lowest BCUT2D eigenvalue weighted by Gasteiger charge is -2.30. The summed E-state index contributed by atoms with van der Waals surface area (Å²) < 4.78 is 1.86. The lowest BCUT2D eigenvalue weighted by Crippen LogP contribution is -2.33. The van der Waals surface area contributed by atoms with Crippen LogP contribution in [0.3, 0.4) is 0 Å². The summed E-state index contributed by atoms with van der Waals surface area (Å²) >= 11 is 0. The molecule has 2 aromatic heterocycles. The standard InChI is InChI=1S/C14H17N3O/c1-11-5-8-16(9-6-11)14-12(10-18)17-7-3-2-4-13(17)15-14/h2-4,7,10-11H,5-6,8-9H2,1H3. The molecule has 0 unspecified atom stereocenters. The molecule has 2 aromatic rings. The van der Waals surface area contributed by atoms with Crippen LogP contribution in [0.2, 0.25) is 0 Å². The molecule has 1 saturated heterocycles. The van der Waals surface area contributed by atoms with Gasteiger partial charge in [0.1, 0.15) is 11.3 Å². The largest absolute Gasteiger partial charge is 0.355 e. The summed E-state index contributed by atoms with van der Waals surface area (Å²) in [6, 6.07) is 5.80. The molecule has 0 radical (unpaired) electrons. The summed E-state index contributed by atoms with van der Waals surface area (Å²) in [5.74, 6) is 1.61. The number of hydrogen-bond acceptors (Lipinski definition) is 3. The summed E-state index contributed by atoms with van der Waals surface area (Å²) in [4.78, 5) is 18.1. The van der Waals surface area contributed by atoms with Crippen molar-refractivity contribution >= 4 is 17.8 Å². The second-order valence-corrected chi connectivity index (χ2v) is 5.04. The molecule has 94 valence electrons. The van der Waals surface area contributed by atoms with E-state index in [1.54, 1.807) is 0 Å². The van der Waals surface area contributed by atoms with Crippen LogP contribution < -0.4 is 4.90 Å². The van der Waals surface area contributed by atoms with Gasteiger partial charge in [-0.1, -0.05) is 13.0 Å². The van der Waals surface area contributed by atoms with E-state index in [-0.39, 0.29) is 0 Å². The Morgan fingerprint density at radius 3 is 2.83 bits per heavy atom. The Balaban J connectivity index is 2.03. The Hall–Kier alpha value is -1.84. The van der Waals surface area contributed by atoms with Gasteiger partial charge in [-0.25, -0.2) is 4.98 Å². The summed E-state index contributed by atoms with van der Waals surface area (Å²) in [7, 11) is 0. The van der Waals surface area contributed by atoms with Gasteiger partial charge in [0.15, 0.2) is 12.1 Å². The number of carbonyl (C=O) groups excluding carboxylic acids is 1. The van der Waals surface area contributed by atoms with Crippen LogP contribution in [-0.4, -0.2) is 28.8 Å². The quantitative estimate of drug-likeness (QED) is 0.760. The van der Waals surface area contributed by atoms with E-state index in [2.05, 4.69) is 16.8 Å². The van der Waals surface area contributed by atoms with Crippen molar-refractivity contribution in [2.45, 2.75) is 19.8 Å². The van der Waals surface area contributed by atoms with Gasteiger partial charge >= 0.3 is 0 Å². The number of pyridine rings is 1. The van der Waals surface area contributed by atoms with E-state index in [1.165, 1.54) is 12.8 Å². The predicted molar refractivity (Wildman–Crippen MR) is 71.2 cm³/mol. The van der Waals surface area contributed by atoms with Crippen molar-refractivity contribution in [1.82, 2.24) is 9.38 Å². The number of imidazole rings is 1. The van der Waals surface area contributed by atoms with Gasteiger partial charge in [0.05, 0.1) is 0 Å². The normalized spacial score (nSPS) is 17.3. The Morgan fingerprint density at radius 2 is 2.11 bits per heavy atom. The van der Waals surface area contributed by atoms with Crippen molar-refractivity contribution in [3.8, 4) is 0 Å². The van der Waals surface area contributed by atoms with Gasteiger partial charge in [0, 0.05) is 19.3 Å². The molecule has 1 fully saturated rings. The topological polar surface area (TPSA) is 37.6 Å². The van der Waals surface area contributed by atoms with E-state index in [0.29, 0.717) is 5.69 Å². The highest BCUT2D eigenvalue weighted by Gasteiger charge is 2.21. The van der Waals surface area contributed by atoms with Crippen LogP contribution >= 0.6 is 0 Å². The lowest BCUT2D eigenvalue weighted by atomic mass is 9.99. The van der Waals surface area contributed by atoms with Gasteiger partial charge < -0.3 is 4.90 Å². The third-order valence-electron chi connectivity index (χ3n) is 3.74. The fourth-order valence-electron chi connectivity index (χ4n) is 2.56. The second-order valence-electron chi connectivity index (χ2n) is 5.04. The molecule has 0 aromatic carbocycles. The zero-order valence-electron chi connectivity index (χ0n) is 10.5. The Morgan fingerprint density at radius 1 is 1.33 bits per heavy atom. The lowest BCUT2D eigenvalue weighted by molar-refractivity contribution is 0.111. The number of anilines is 1. The molecule has 1 aliphatic rings. The second kappa shape index (κ2) is 4.44. The first-order valence-corrected chi connectivity index (χ1v) is 6.47. The van der Waals surface area contributed by atoms with Gasteiger partial charge in [-0.3, -0.25) is 9.20 Å². The highest BCUT2D eigenvalue weighted by molar-refractivity contribution is 5.83. The summed E-state index contributed by atoms with van der Waals surface area (Å²) in [5.41, 5.74) is 1.51. The molecule has 0 saturated carbocycles. The van der Waals surface area contributed by atoms with E-state index >= 15 is 0 Å². The molecule has 0 aliphatic carbocycles. The van der Waals surface area contributed by atoms with Crippen LogP contribution in [0.1, 0.15) is 30.3 Å². The Labute approximate surface area is 106 Å². The van der Waals surface area contributed by atoms with Gasteiger partial charge in [-0.15, -0.1) is 0 Å². The smallest absolute Gasteiger partial charge is 0.170 e. The average molecular weight is 243 g/mol. The number of rotatable bonds is 2. The minimum Gasteiger partial charge on any atom is -0.355 e. The number of aldehydes is 1. The number of piperidine rings is 1. The van der Waals surface area contributed by atoms with Crippen LogP contribution in [0.5, 0.6) is 0 Å². The van der Waals surface area contributed by atoms with E-state index in [1.807, 2.05) is 28.8 Å². The minimum atomic E-state index is 0.667. The molecule has 0 N–H and O–H groups in total. The van der Waals surface area contributed by atoms with Crippen LogP contribution in [0, 0.1) is 5.92 Å². The fraction of sp³-hybridized carbons (Fsp3) is 0.429. The average Bonchev–Trinajstić information content (AvgIpc) is 2.78. The first-order valence-electron chi connectivity index (χ1n) is 6.47. The molecule has 0 bridgehead atoms. The SMILES string of the molecule is CC1CCN(c2nc3ccccn3c2C=O)CC1. The summed E-state index contributed by atoms with van der Waals surface area (Å²) in [6.45, 7) is 4.26. The number of carbonyl (C=O) groups is 1. The minimum absolute atomic E-state index is 0.667. The van der Waals surface area contributed by atoms with E-state index < -0.39 is 0 Å². The molecule has 1 aliphatic heterocycles. The third kappa shape index (κ3) is 1.78. The fourth-order valence-corrected chi connectivity index (χ4v) is 2.56. The van der Waals surface area contributed by atoms with Crippen molar-refractivity contribution in [3.05, 3.63) is 30.1 Å². The molecule has 18 heavy (non-hydrogen) atoms. The van der Waals surface area contributed by atoms with Crippen LogP contribution in [0.15, 0.2) is 24.4 Å². The molecule has 3 heterocycles. The van der Waals surface area contributed by atoms with Gasteiger partial charge in [0.25, 0.3) is 0 Å². The van der Waals surface area contributed by atoms with Crippen molar-refractivity contribution in [1.29, 1.82) is 0 Å². The summed E-state index contributed by atoms with van der Waals surface area (Å²) in [6.07, 6.45) is 5.15. The molecule has 4 nitrogen and oxygen atoms in total. The van der Waals surface area contributed by atoms with Crippen LogP contribution in [-0.2, 0) is 0 Å². The van der Waals surface area contributed by atoms with Gasteiger partial charge in [-0.2, -0.15) is 0 Å². The van der Waals surface area contributed by atoms with Crippen molar-refractivity contribution in [3.63, 3.8) is 0 Å². The zero-order valence-corrected chi connectivity index (χ0v) is 10.5. The zero-order chi connectivity index (χ0) is 12.5. The molecule has 0 atom stereocenters. The predicted octanol–water partition coefficient (Wildman–Crippen LogP) is 2.38. The first-order chi connectivity index (χ1) is 8.79. The van der Waals surface area contributed by atoms with Crippen molar-refractivity contribution in [2.24, 2.45) is 5.92 Å². The van der Waals surface area contributed by atoms with Gasteiger partial charge in [-0.05, 0) is 30.9 Å². The van der Waals surface area contributed by atoms with Crippen LogP contribution in [0.4, 0.5) is 5.82 Å². The highest BCUT2D eigenvalue weighted by Crippen LogP contribution is 2.25.